The molecule has 0 bridgehead atoms. The number of carbonyl (C=O) groups excluding carboxylic acids is 1. The first-order valence-corrected chi connectivity index (χ1v) is 8.69. The number of halogens is 2. The molecule has 24 heavy (non-hydrogen) atoms. The molecule has 0 aliphatic carbocycles. The summed E-state index contributed by atoms with van der Waals surface area (Å²) >= 11 is 0. The fourth-order valence-electron chi connectivity index (χ4n) is 3.63. The lowest BCUT2D eigenvalue weighted by Crippen LogP contribution is -2.56. The molecule has 3 unspecified atom stereocenters. The van der Waals surface area contributed by atoms with E-state index >= 15 is 0 Å². The molecule has 5 nitrogen and oxygen atoms in total. The summed E-state index contributed by atoms with van der Waals surface area (Å²) in [6.45, 7) is 14.3. The van der Waals surface area contributed by atoms with Crippen molar-refractivity contribution in [2.24, 2.45) is 11.8 Å². The minimum atomic E-state index is 0. The Morgan fingerprint density at radius 3 is 2.42 bits per heavy atom. The average molecular weight is 384 g/mol. The highest BCUT2D eigenvalue weighted by Gasteiger charge is 2.33. The van der Waals surface area contributed by atoms with Crippen LogP contribution in [0.15, 0.2) is 0 Å². The van der Waals surface area contributed by atoms with Crippen molar-refractivity contribution in [1.29, 1.82) is 0 Å². The van der Waals surface area contributed by atoms with Gasteiger partial charge in [0, 0.05) is 44.2 Å². The zero-order valence-corrected chi connectivity index (χ0v) is 17.1. The van der Waals surface area contributed by atoms with Crippen molar-refractivity contribution >= 4 is 30.7 Å². The maximum absolute atomic E-state index is 12.1. The first-order valence-electron chi connectivity index (χ1n) is 8.69. The molecule has 2 rings (SSSR count). The molecular weight excluding hydrogens is 349 g/mol. The van der Waals surface area contributed by atoms with E-state index in [9.17, 15) is 4.79 Å². The first-order chi connectivity index (χ1) is 10.4. The summed E-state index contributed by atoms with van der Waals surface area (Å²) in [7, 11) is 0. The van der Waals surface area contributed by atoms with Gasteiger partial charge in [-0.15, -0.1) is 24.8 Å². The van der Waals surface area contributed by atoms with Crippen LogP contribution in [0.4, 0.5) is 0 Å². The van der Waals surface area contributed by atoms with E-state index in [1.807, 2.05) is 0 Å². The van der Waals surface area contributed by atoms with Crippen LogP contribution in [0.5, 0.6) is 0 Å². The average Bonchev–Trinajstić information content (AvgIpc) is 2.45. The maximum atomic E-state index is 12.1. The van der Waals surface area contributed by atoms with E-state index in [1.165, 1.54) is 6.42 Å². The number of nitrogens with one attached hydrogen (secondary N) is 2. The maximum Gasteiger partial charge on any atom is 0.221 e. The van der Waals surface area contributed by atoms with Crippen molar-refractivity contribution in [2.45, 2.75) is 52.1 Å². The van der Waals surface area contributed by atoms with Crippen molar-refractivity contribution < 1.29 is 9.53 Å². The van der Waals surface area contributed by atoms with E-state index in [1.54, 1.807) is 0 Å². The number of piperidine rings is 1. The van der Waals surface area contributed by atoms with Crippen molar-refractivity contribution in [3.8, 4) is 0 Å². The van der Waals surface area contributed by atoms with E-state index in [4.69, 9.17) is 4.74 Å². The van der Waals surface area contributed by atoms with Crippen molar-refractivity contribution in [3.05, 3.63) is 0 Å². The number of carbonyl (C=O) groups is 1. The summed E-state index contributed by atoms with van der Waals surface area (Å²) in [6.07, 6.45) is 1.81. The third-order valence-electron chi connectivity index (χ3n) is 4.87. The predicted octanol–water partition coefficient (Wildman–Crippen LogP) is 2.08. The number of hydrogen-bond acceptors (Lipinski definition) is 4. The summed E-state index contributed by atoms with van der Waals surface area (Å²) in [5.74, 6) is 1.60. The van der Waals surface area contributed by atoms with E-state index in [0.29, 0.717) is 19.6 Å². The molecule has 2 fully saturated rings. The van der Waals surface area contributed by atoms with Crippen LogP contribution in [0, 0.1) is 11.8 Å². The number of amides is 1. The van der Waals surface area contributed by atoms with Crippen LogP contribution in [0.25, 0.3) is 0 Å². The molecular formula is C17H35Cl2N3O2. The molecule has 0 aromatic heterocycles. The van der Waals surface area contributed by atoms with Gasteiger partial charge in [0.1, 0.15) is 0 Å². The van der Waals surface area contributed by atoms with Gasteiger partial charge in [-0.25, -0.2) is 0 Å². The molecule has 2 heterocycles. The Hall–Kier alpha value is -0.0700. The summed E-state index contributed by atoms with van der Waals surface area (Å²) in [5.41, 5.74) is 0.00902. The van der Waals surface area contributed by atoms with Crippen molar-refractivity contribution in [2.75, 3.05) is 39.4 Å². The number of rotatable bonds is 5. The molecule has 2 aliphatic heterocycles. The Balaban J connectivity index is 0.00000264. The lowest BCUT2D eigenvalue weighted by atomic mass is 9.88. The molecule has 1 amide bonds. The van der Waals surface area contributed by atoms with Crippen LogP contribution >= 0.6 is 24.8 Å². The van der Waals surface area contributed by atoms with Crippen LogP contribution in [0.2, 0.25) is 0 Å². The highest BCUT2D eigenvalue weighted by molar-refractivity contribution is 5.85. The van der Waals surface area contributed by atoms with Gasteiger partial charge in [0.05, 0.1) is 13.2 Å². The lowest BCUT2D eigenvalue weighted by molar-refractivity contribution is -0.123. The second-order valence-electron chi connectivity index (χ2n) is 7.87. The Morgan fingerprint density at radius 2 is 1.88 bits per heavy atom. The van der Waals surface area contributed by atoms with E-state index < -0.39 is 0 Å². The molecule has 2 aliphatic rings. The lowest BCUT2D eigenvalue weighted by Gasteiger charge is -2.45. The van der Waals surface area contributed by atoms with Crippen LogP contribution in [0.3, 0.4) is 0 Å². The van der Waals surface area contributed by atoms with Crippen LogP contribution in [0.1, 0.15) is 40.5 Å². The van der Waals surface area contributed by atoms with Gasteiger partial charge in [0.2, 0.25) is 5.91 Å². The quantitative estimate of drug-likeness (QED) is 0.762. The monoisotopic (exact) mass is 383 g/mol. The molecule has 144 valence electrons. The predicted molar refractivity (Wildman–Crippen MR) is 103 cm³/mol. The molecule has 2 N–H and O–H groups in total. The van der Waals surface area contributed by atoms with Crippen molar-refractivity contribution in [3.63, 3.8) is 0 Å². The zero-order valence-electron chi connectivity index (χ0n) is 15.5. The third kappa shape index (κ3) is 7.44. The minimum Gasteiger partial charge on any atom is -0.378 e. The van der Waals surface area contributed by atoms with E-state index in [2.05, 4.69) is 43.2 Å². The second kappa shape index (κ2) is 10.8. The molecule has 0 saturated carbocycles. The summed E-state index contributed by atoms with van der Waals surface area (Å²) in [4.78, 5) is 14.7. The van der Waals surface area contributed by atoms with Gasteiger partial charge < -0.3 is 15.4 Å². The van der Waals surface area contributed by atoms with Crippen LogP contribution < -0.4 is 10.6 Å². The Bertz CT molecular complexity index is 367. The molecule has 0 radical (unpaired) electrons. The molecule has 0 aromatic carbocycles. The van der Waals surface area contributed by atoms with Crippen LogP contribution in [-0.2, 0) is 9.53 Å². The summed E-state index contributed by atoms with van der Waals surface area (Å²) in [5, 5.41) is 6.45. The highest BCUT2D eigenvalue weighted by atomic mass is 35.5. The van der Waals surface area contributed by atoms with E-state index in [0.717, 1.165) is 38.1 Å². The van der Waals surface area contributed by atoms with Gasteiger partial charge in [-0.2, -0.15) is 0 Å². The molecule has 7 heteroatoms. The fourth-order valence-corrected chi connectivity index (χ4v) is 3.63. The standard InChI is InChI=1S/C17H33N3O2.2ClH/c1-13-7-14(2)10-20(9-13)17(3,4)12-19-16(21)8-15-11-22-6-5-18-15;;/h13-15,18H,5-12H2,1-4H3,(H,19,21);2*1H. The number of morpholine rings is 1. The number of likely N-dealkylation sites (tertiary alicyclic amines) is 1. The Morgan fingerprint density at radius 1 is 1.25 bits per heavy atom. The molecule has 0 spiro atoms. The number of hydrogen-bond donors (Lipinski definition) is 2. The normalized spacial score (nSPS) is 28.4. The van der Waals surface area contributed by atoms with Gasteiger partial charge in [0.25, 0.3) is 0 Å². The SMILES string of the molecule is CC1CC(C)CN(C(C)(C)CNC(=O)CC2COCCN2)C1.Cl.Cl. The summed E-state index contributed by atoms with van der Waals surface area (Å²) < 4.78 is 5.40. The minimum absolute atomic E-state index is 0. The Labute approximate surface area is 159 Å². The Kier molecular flexibility index (Phi) is 10.8. The van der Waals surface area contributed by atoms with Gasteiger partial charge in [-0.3, -0.25) is 9.69 Å². The third-order valence-corrected chi connectivity index (χ3v) is 4.87. The molecule has 0 aromatic rings. The highest BCUT2D eigenvalue weighted by Crippen LogP contribution is 2.26. The smallest absolute Gasteiger partial charge is 0.221 e. The topological polar surface area (TPSA) is 53.6 Å². The van der Waals surface area contributed by atoms with Gasteiger partial charge in [-0.1, -0.05) is 13.8 Å². The first kappa shape index (κ1) is 23.9. The van der Waals surface area contributed by atoms with Gasteiger partial charge in [0.15, 0.2) is 0 Å². The second-order valence-corrected chi connectivity index (χ2v) is 7.87. The van der Waals surface area contributed by atoms with Crippen LogP contribution in [-0.4, -0.2) is 61.8 Å². The summed E-state index contributed by atoms with van der Waals surface area (Å²) in [6, 6.07) is 0.159. The zero-order chi connectivity index (χ0) is 16.2. The molecule has 3 atom stereocenters. The largest absolute Gasteiger partial charge is 0.378 e. The molecule has 2 saturated heterocycles. The van der Waals surface area contributed by atoms with Gasteiger partial charge >= 0.3 is 0 Å². The fraction of sp³-hybridized carbons (Fsp3) is 0.941. The van der Waals surface area contributed by atoms with E-state index in [-0.39, 0.29) is 42.3 Å². The number of ether oxygens (including phenoxy) is 1. The van der Waals surface area contributed by atoms with Gasteiger partial charge in [-0.05, 0) is 32.1 Å². The van der Waals surface area contributed by atoms with Crippen molar-refractivity contribution in [1.82, 2.24) is 15.5 Å². The number of nitrogens with zero attached hydrogens (tertiary/aromatic N) is 1.